The molecule has 2 aliphatic rings. The van der Waals surface area contributed by atoms with E-state index in [1.54, 1.807) is 5.57 Å². The molecule has 0 unspecified atom stereocenters. The van der Waals surface area contributed by atoms with E-state index < -0.39 is 0 Å². The van der Waals surface area contributed by atoms with Gasteiger partial charge in [-0.05, 0) is 61.4 Å². The van der Waals surface area contributed by atoms with Gasteiger partial charge in [-0.3, -0.25) is 0 Å². The van der Waals surface area contributed by atoms with E-state index in [-0.39, 0.29) is 0 Å². The Labute approximate surface area is 170 Å². The molecule has 29 heavy (non-hydrogen) atoms. The quantitative estimate of drug-likeness (QED) is 0.349. The number of hydrogen-bond donors (Lipinski definition) is 0. The number of aromatic nitrogens is 1. The van der Waals surface area contributed by atoms with Crippen molar-refractivity contribution in [2.45, 2.75) is 39.5 Å². The van der Waals surface area contributed by atoms with Gasteiger partial charge in [0.15, 0.2) is 0 Å². The zero-order valence-corrected chi connectivity index (χ0v) is 17.0. The van der Waals surface area contributed by atoms with Gasteiger partial charge in [0.25, 0.3) is 0 Å². The summed E-state index contributed by atoms with van der Waals surface area (Å²) in [6.07, 6.45) is 13.8. The molecule has 2 aliphatic carbocycles. The van der Waals surface area contributed by atoms with Crippen LogP contribution in [0.4, 0.5) is 0 Å². The lowest BCUT2D eigenvalue weighted by Crippen LogP contribution is -2.06. The lowest BCUT2D eigenvalue weighted by Gasteiger charge is -2.21. The van der Waals surface area contributed by atoms with Crippen LogP contribution in [0.25, 0.3) is 44.6 Å². The van der Waals surface area contributed by atoms with Gasteiger partial charge < -0.3 is 8.98 Å². The van der Waals surface area contributed by atoms with Gasteiger partial charge in [0.2, 0.25) is 0 Å². The normalized spacial score (nSPS) is 16.7. The third-order valence-electron chi connectivity index (χ3n) is 6.64. The Hall–Kier alpha value is -3.00. The van der Waals surface area contributed by atoms with Crippen molar-refractivity contribution < 1.29 is 4.42 Å². The average Bonchev–Trinajstić information content (AvgIpc) is 3.27. The van der Waals surface area contributed by atoms with Crippen LogP contribution >= 0.6 is 0 Å². The highest BCUT2D eigenvalue weighted by Crippen LogP contribution is 2.40. The molecule has 2 nitrogen and oxygen atoms in total. The Morgan fingerprint density at radius 2 is 1.79 bits per heavy atom. The Morgan fingerprint density at radius 1 is 0.897 bits per heavy atom. The van der Waals surface area contributed by atoms with Crippen molar-refractivity contribution >= 4 is 44.6 Å². The Bertz CT molecular complexity index is 1370. The van der Waals surface area contributed by atoms with Crippen molar-refractivity contribution in [2.24, 2.45) is 5.92 Å². The summed E-state index contributed by atoms with van der Waals surface area (Å²) in [5, 5.41) is 3.81. The first-order valence-electron chi connectivity index (χ1n) is 10.8. The highest BCUT2D eigenvalue weighted by Gasteiger charge is 2.22. The third-order valence-corrected chi connectivity index (χ3v) is 6.64. The summed E-state index contributed by atoms with van der Waals surface area (Å²) in [6, 6.07) is 13.0. The van der Waals surface area contributed by atoms with Gasteiger partial charge in [-0.25, -0.2) is 0 Å². The topological polar surface area (TPSA) is 18.1 Å². The lowest BCUT2D eigenvalue weighted by molar-refractivity contribution is 0.669. The van der Waals surface area contributed by atoms with Crippen molar-refractivity contribution in [3.8, 4) is 0 Å². The molecule has 0 amide bonds. The zero-order valence-electron chi connectivity index (χ0n) is 17.0. The maximum absolute atomic E-state index is 6.22. The third kappa shape index (κ3) is 2.48. The lowest BCUT2D eigenvalue weighted by atomic mass is 9.93. The second kappa shape index (κ2) is 6.25. The van der Waals surface area contributed by atoms with Gasteiger partial charge in [-0.15, -0.1) is 0 Å². The van der Waals surface area contributed by atoms with Crippen LogP contribution in [-0.2, 0) is 6.42 Å². The van der Waals surface area contributed by atoms with Crippen LogP contribution in [-0.4, -0.2) is 4.57 Å². The molecule has 2 heteroatoms. The summed E-state index contributed by atoms with van der Waals surface area (Å²) in [6.45, 7) is 4.58. The highest BCUT2D eigenvalue weighted by molar-refractivity contribution is 6.11. The van der Waals surface area contributed by atoms with Gasteiger partial charge in [0.1, 0.15) is 11.2 Å². The van der Waals surface area contributed by atoms with Gasteiger partial charge in [0.05, 0.1) is 5.52 Å². The number of benzene rings is 2. The summed E-state index contributed by atoms with van der Waals surface area (Å²) in [5.41, 5.74) is 9.01. The van der Waals surface area contributed by atoms with Crippen LogP contribution in [0.3, 0.4) is 0 Å². The SMILES string of the molecule is CC(C)C1=CC=C(n2c3c(c4cc5c(cc42)oc2ccccc25)CCC=C3)CC1. The minimum atomic E-state index is 0.623. The van der Waals surface area contributed by atoms with Crippen LogP contribution in [0.2, 0.25) is 0 Å². The van der Waals surface area contributed by atoms with Gasteiger partial charge >= 0.3 is 0 Å². The number of fused-ring (bicyclic) bond motifs is 6. The van der Waals surface area contributed by atoms with Crippen molar-refractivity contribution in [3.63, 3.8) is 0 Å². The first-order valence-corrected chi connectivity index (χ1v) is 10.8. The first kappa shape index (κ1) is 16.9. The van der Waals surface area contributed by atoms with E-state index in [0.29, 0.717) is 5.92 Å². The molecule has 0 radical (unpaired) electrons. The standard InChI is InChI=1S/C27H25NO/c1-17(2)18-11-13-19(14-12-18)28-24-9-5-3-7-20(24)22-15-23-21-8-4-6-10-26(21)29-27(23)16-25(22)28/h4-6,8-11,13,15-17H,3,7,12,14H2,1-2H3. The summed E-state index contributed by atoms with van der Waals surface area (Å²) in [5.74, 6) is 0.623. The van der Waals surface area contributed by atoms with Gasteiger partial charge in [-0.1, -0.05) is 49.8 Å². The number of allylic oxidation sites excluding steroid dienone is 5. The molecule has 0 spiro atoms. The summed E-state index contributed by atoms with van der Waals surface area (Å²) < 4.78 is 8.71. The van der Waals surface area contributed by atoms with E-state index in [4.69, 9.17) is 4.42 Å². The van der Waals surface area contributed by atoms with Crippen LogP contribution in [0.5, 0.6) is 0 Å². The largest absolute Gasteiger partial charge is 0.456 e. The fourth-order valence-electron chi connectivity index (χ4n) is 5.07. The maximum atomic E-state index is 6.22. The Morgan fingerprint density at radius 3 is 2.62 bits per heavy atom. The molecule has 0 N–H and O–H groups in total. The fraction of sp³-hybridized carbons (Fsp3) is 0.259. The van der Waals surface area contributed by atoms with Crippen molar-refractivity contribution in [1.82, 2.24) is 4.57 Å². The molecule has 4 aromatic rings. The van der Waals surface area contributed by atoms with E-state index in [1.165, 1.54) is 38.6 Å². The number of nitrogens with zero attached hydrogens (tertiary/aromatic N) is 1. The monoisotopic (exact) mass is 379 g/mol. The van der Waals surface area contributed by atoms with Crippen LogP contribution in [0.15, 0.2) is 64.6 Å². The maximum Gasteiger partial charge on any atom is 0.137 e. The van der Waals surface area contributed by atoms with Crippen LogP contribution in [0, 0.1) is 5.92 Å². The van der Waals surface area contributed by atoms with E-state index in [9.17, 15) is 0 Å². The van der Waals surface area contributed by atoms with E-state index in [1.807, 2.05) is 6.07 Å². The second-order valence-corrected chi connectivity index (χ2v) is 8.66. The summed E-state index contributed by atoms with van der Waals surface area (Å²) >= 11 is 0. The molecule has 0 aliphatic heterocycles. The molecule has 0 saturated carbocycles. The summed E-state index contributed by atoms with van der Waals surface area (Å²) in [7, 11) is 0. The molecule has 2 aromatic heterocycles. The van der Waals surface area contributed by atoms with E-state index in [0.717, 1.165) is 36.8 Å². The van der Waals surface area contributed by atoms with Crippen molar-refractivity contribution in [1.29, 1.82) is 0 Å². The molecule has 0 fully saturated rings. The fourth-order valence-corrected chi connectivity index (χ4v) is 5.07. The van der Waals surface area contributed by atoms with Crippen LogP contribution in [0.1, 0.15) is 44.4 Å². The molecule has 6 rings (SSSR count). The van der Waals surface area contributed by atoms with Crippen LogP contribution < -0.4 is 0 Å². The Kier molecular flexibility index (Phi) is 3.64. The molecule has 2 heterocycles. The number of rotatable bonds is 2. The molecule has 0 saturated heterocycles. The summed E-state index contributed by atoms with van der Waals surface area (Å²) in [4.78, 5) is 0. The van der Waals surface area contributed by atoms with Crippen molar-refractivity contribution in [2.75, 3.05) is 0 Å². The predicted octanol–water partition coefficient (Wildman–Crippen LogP) is 7.72. The molecular weight excluding hydrogens is 354 g/mol. The predicted molar refractivity (Wildman–Crippen MR) is 123 cm³/mol. The average molecular weight is 380 g/mol. The molecular formula is C27H25NO. The second-order valence-electron chi connectivity index (χ2n) is 8.66. The Balaban J connectivity index is 1.66. The molecule has 0 bridgehead atoms. The molecule has 144 valence electrons. The van der Waals surface area contributed by atoms with E-state index >= 15 is 0 Å². The smallest absolute Gasteiger partial charge is 0.137 e. The first-order chi connectivity index (χ1) is 14.2. The zero-order chi connectivity index (χ0) is 19.5. The molecule has 2 aromatic carbocycles. The number of aryl methyl sites for hydroxylation is 1. The number of hydrogen-bond acceptors (Lipinski definition) is 1. The number of furan rings is 1. The van der Waals surface area contributed by atoms with Crippen molar-refractivity contribution in [3.05, 3.63) is 71.5 Å². The highest BCUT2D eigenvalue weighted by atomic mass is 16.3. The minimum absolute atomic E-state index is 0.623. The van der Waals surface area contributed by atoms with Gasteiger partial charge in [-0.2, -0.15) is 0 Å². The molecule has 0 atom stereocenters. The van der Waals surface area contributed by atoms with Gasteiger partial charge in [0, 0.05) is 33.6 Å². The van der Waals surface area contributed by atoms with E-state index in [2.05, 4.69) is 73.1 Å². The minimum Gasteiger partial charge on any atom is -0.456 e. The number of para-hydroxylation sites is 1.